The highest BCUT2D eigenvalue weighted by atomic mass is 35.5. The van der Waals surface area contributed by atoms with Gasteiger partial charge in [-0.1, -0.05) is 36.7 Å². The molecule has 1 aliphatic heterocycles. The standard InChI is InChI=1S/C19H20ClN3O2S.ClH/c1-2-21-11-12-5-3-4-6-14(12)22-18(24)10-17-19(25)23-15-9-13(20)7-8-16(15)26-17;/h3-9,17,21H,2,10-11H2,1H3,(H,22,24)(H,23,25);1H. The van der Waals surface area contributed by atoms with Crippen LogP contribution < -0.4 is 16.0 Å². The lowest BCUT2D eigenvalue weighted by Gasteiger charge is -2.24. The smallest absolute Gasteiger partial charge is 0.238 e. The summed E-state index contributed by atoms with van der Waals surface area (Å²) in [5.74, 6) is -0.361. The van der Waals surface area contributed by atoms with Gasteiger partial charge >= 0.3 is 0 Å². The van der Waals surface area contributed by atoms with E-state index in [1.54, 1.807) is 12.1 Å². The number of para-hydroxylation sites is 1. The van der Waals surface area contributed by atoms with Crippen molar-refractivity contribution in [3.63, 3.8) is 0 Å². The maximum atomic E-state index is 12.5. The van der Waals surface area contributed by atoms with Gasteiger partial charge in [0.2, 0.25) is 11.8 Å². The molecule has 0 aromatic heterocycles. The van der Waals surface area contributed by atoms with Crippen molar-refractivity contribution in [3.8, 4) is 0 Å². The fourth-order valence-electron chi connectivity index (χ4n) is 2.68. The second-order valence-corrected chi connectivity index (χ2v) is 7.61. The van der Waals surface area contributed by atoms with E-state index in [1.807, 2.05) is 37.3 Å². The van der Waals surface area contributed by atoms with E-state index in [0.717, 1.165) is 22.7 Å². The normalized spacial score (nSPS) is 15.3. The van der Waals surface area contributed by atoms with E-state index in [1.165, 1.54) is 11.8 Å². The Hall–Kier alpha value is -1.73. The Morgan fingerprint density at radius 1 is 1.26 bits per heavy atom. The molecule has 0 bridgehead atoms. The Morgan fingerprint density at radius 3 is 2.81 bits per heavy atom. The van der Waals surface area contributed by atoms with Gasteiger partial charge in [0.15, 0.2) is 0 Å². The van der Waals surface area contributed by atoms with Crippen LogP contribution in [-0.2, 0) is 16.1 Å². The molecule has 1 aliphatic rings. The molecule has 0 aliphatic carbocycles. The highest BCUT2D eigenvalue weighted by Gasteiger charge is 2.29. The number of thioether (sulfide) groups is 1. The first-order valence-electron chi connectivity index (χ1n) is 8.42. The maximum Gasteiger partial charge on any atom is 0.238 e. The quantitative estimate of drug-likeness (QED) is 0.644. The number of benzene rings is 2. The van der Waals surface area contributed by atoms with Gasteiger partial charge in [0.05, 0.1) is 10.9 Å². The molecule has 0 saturated heterocycles. The summed E-state index contributed by atoms with van der Waals surface area (Å²) in [6.07, 6.45) is 0.105. The maximum absolute atomic E-state index is 12.5. The lowest BCUT2D eigenvalue weighted by atomic mass is 10.1. The van der Waals surface area contributed by atoms with E-state index in [-0.39, 0.29) is 30.6 Å². The fraction of sp³-hybridized carbons (Fsp3) is 0.263. The third-order valence-electron chi connectivity index (χ3n) is 3.99. The van der Waals surface area contributed by atoms with Crippen LogP contribution in [0, 0.1) is 0 Å². The number of fused-ring (bicyclic) bond motifs is 1. The predicted octanol–water partition coefficient (Wildman–Crippen LogP) is 4.31. The minimum Gasteiger partial charge on any atom is -0.326 e. The van der Waals surface area contributed by atoms with Gasteiger partial charge in [-0.2, -0.15) is 0 Å². The molecule has 8 heteroatoms. The first-order chi connectivity index (χ1) is 12.6. The summed E-state index contributed by atoms with van der Waals surface area (Å²) in [6.45, 7) is 3.56. The van der Waals surface area contributed by atoms with Crippen LogP contribution in [0.15, 0.2) is 47.4 Å². The molecule has 0 spiro atoms. The van der Waals surface area contributed by atoms with Gasteiger partial charge in [-0.15, -0.1) is 24.2 Å². The second-order valence-electron chi connectivity index (χ2n) is 5.93. The second kappa shape index (κ2) is 9.99. The monoisotopic (exact) mass is 425 g/mol. The molecular formula is C19H21Cl2N3O2S. The SMILES string of the molecule is CCNCc1ccccc1NC(=O)CC1Sc2ccc(Cl)cc2NC1=O.Cl. The molecule has 3 N–H and O–H groups in total. The fourth-order valence-corrected chi connectivity index (χ4v) is 3.95. The van der Waals surface area contributed by atoms with Crippen LogP contribution in [0.25, 0.3) is 0 Å². The average Bonchev–Trinajstić information content (AvgIpc) is 2.62. The zero-order chi connectivity index (χ0) is 18.5. The number of carbonyl (C=O) groups excluding carboxylic acids is 2. The van der Waals surface area contributed by atoms with Gasteiger partial charge in [-0.3, -0.25) is 9.59 Å². The van der Waals surface area contributed by atoms with Crippen molar-refractivity contribution in [2.24, 2.45) is 0 Å². The van der Waals surface area contributed by atoms with Crippen molar-refractivity contribution in [3.05, 3.63) is 53.1 Å². The van der Waals surface area contributed by atoms with E-state index in [2.05, 4.69) is 16.0 Å². The summed E-state index contributed by atoms with van der Waals surface area (Å²) in [5, 5.41) is 9.10. The number of anilines is 2. The first-order valence-corrected chi connectivity index (χ1v) is 9.68. The number of nitrogens with one attached hydrogen (secondary N) is 3. The average molecular weight is 426 g/mol. The summed E-state index contributed by atoms with van der Waals surface area (Å²) in [6, 6.07) is 13.0. The third kappa shape index (κ3) is 5.62. The Morgan fingerprint density at radius 2 is 2.04 bits per heavy atom. The molecule has 5 nitrogen and oxygen atoms in total. The molecule has 3 rings (SSSR count). The highest BCUT2D eigenvalue weighted by molar-refractivity contribution is 8.01. The zero-order valence-electron chi connectivity index (χ0n) is 14.8. The summed E-state index contributed by atoms with van der Waals surface area (Å²) in [5.41, 5.74) is 2.48. The topological polar surface area (TPSA) is 70.2 Å². The largest absolute Gasteiger partial charge is 0.326 e. The van der Waals surface area contributed by atoms with E-state index >= 15 is 0 Å². The molecule has 0 fully saturated rings. The van der Waals surface area contributed by atoms with Crippen molar-refractivity contribution in [1.29, 1.82) is 0 Å². The molecule has 2 aromatic rings. The van der Waals surface area contributed by atoms with Gasteiger partial charge in [0.25, 0.3) is 0 Å². The lowest BCUT2D eigenvalue weighted by Crippen LogP contribution is -2.32. The van der Waals surface area contributed by atoms with E-state index in [4.69, 9.17) is 11.6 Å². The minimum atomic E-state index is -0.468. The van der Waals surface area contributed by atoms with Crippen molar-refractivity contribution in [1.82, 2.24) is 5.32 Å². The lowest BCUT2D eigenvalue weighted by molar-refractivity contribution is -0.120. The Balaban J connectivity index is 0.00000261. The van der Waals surface area contributed by atoms with Crippen molar-refractivity contribution in [2.75, 3.05) is 17.2 Å². The number of carbonyl (C=O) groups is 2. The summed E-state index contributed by atoms with van der Waals surface area (Å²) < 4.78 is 0. The van der Waals surface area contributed by atoms with Crippen molar-refractivity contribution >= 4 is 59.0 Å². The van der Waals surface area contributed by atoms with Crippen LogP contribution in [0.5, 0.6) is 0 Å². The Bertz CT molecular complexity index is 832. The van der Waals surface area contributed by atoms with Gasteiger partial charge in [-0.25, -0.2) is 0 Å². The third-order valence-corrected chi connectivity index (χ3v) is 5.50. The number of halogens is 2. The molecule has 2 amide bonds. The van der Waals surface area contributed by atoms with Crippen LogP contribution in [-0.4, -0.2) is 23.6 Å². The van der Waals surface area contributed by atoms with E-state index in [0.29, 0.717) is 17.3 Å². The molecule has 0 saturated carbocycles. The van der Waals surface area contributed by atoms with Crippen LogP contribution in [0.2, 0.25) is 5.02 Å². The van der Waals surface area contributed by atoms with Gasteiger partial charge < -0.3 is 16.0 Å². The van der Waals surface area contributed by atoms with E-state index < -0.39 is 5.25 Å². The van der Waals surface area contributed by atoms with Crippen LogP contribution in [0.3, 0.4) is 0 Å². The van der Waals surface area contributed by atoms with Gasteiger partial charge in [-0.05, 0) is 36.4 Å². The molecule has 2 aromatic carbocycles. The highest BCUT2D eigenvalue weighted by Crippen LogP contribution is 2.38. The minimum absolute atomic E-state index is 0. The summed E-state index contributed by atoms with van der Waals surface area (Å²) in [7, 11) is 0. The van der Waals surface area contributed by atoms with E-state index in [9.17, 15) is 9.59 Å². The molecule has 144 valence electrons. The van der Waals surface area contributed by atoms with Crippen molar-refractivity contribution in [2.45, 2.75) is 30.0 Å². The Kier molecular flexibility index (Phi) is 7.98. The van der Waals surface area contributed by atoms with Crippen LogP contribution >= 0.6 is 35.8 Å². The van der Waals surface area contributed by atoms with Gasteiger partial charge in [0, 0.05) is 28.6 Å². The summed E-state index contributed by atoms with van der Waals surface area (Å²) >= 11 is 7.34. The van der Waals surface area contributed by atoms with Crippen molar-refractivity contribution < 1.29 is 9.59 Å². The number of rotatable bonds is 6. The van der Waals surface area contributed by atoms with Crippen LogP contribution in [0.4, 0.5) is 11.4 Å². The molecule has 27 heavy (non-hydrogen) atoms. The number of amides is 2. The summed E-state index contributed by atoms with van der Waals surface area (Å²) in [4.78, 5) is 25.7. The molecule has 1 unspecified atom stereocenters. The number of hydrogen-bond acceptors (Lipinski definition) is 4. The van der Waals surface area contributed by atoms with Gasteiger partial charge in [0.1, 0.15) is 0 Å². The molecule has 1 heterocycles. The predicted molar refractivity (Wildman–Crippen MR) is 114 cm³/mol. The zero-order valence-corrected chi connectivity index (χ0v) is 17.1. The molecular weight excluding hydrogens is 405 g/mol. The molecule has 1 atom stereocenters. The number of hydrogen-bond donors (Lipinski definition) is 3. The van der Waals surface area contributed by atoms with Crippen LogP contribution in [0.1, 0.15) is 18.9 Å². The molecule has 0 radical (unpaired) electrons. The Labute approximate surface area is 174 Å². The first kappa shape index (κ1) is 21.6.